The maximum atomic E-state index is 13.8. The van der Waals surface area contributed by atoms with E-state index in [-0.39, 0.29) is 11.8 Å². The maximum Gasteiger partial charge on any atom is 0.247 e. The van der Waals surface area contributed by atoms with E-state index < -0.39 is 13.3 Å². The molecule has 1 unspecified atom stereocenters. The quantitative estimate of drug-likeness (QED) is 0.154. The minimum absolute atomic E-state index is 0.0532. The van der Waals surface area contributed by atoms with Gasteiger partial charge in [-0.3, -0.25) is 9.59 Å². The monoisotopic (exact) mass is 613 g/mol. The molecule has 3 aromatic rings. The van der Waals surface area contributed by atoms with Gasteiger partial charge in [0.05, 0.1) is 24.6 Å². The number of rotatable bonds is 17. The predicted molar refractivity (Wildman–Crippen MR) is 189 cm³/mol. The Hall–Kier alpha value is -2.97. The Morgan fingerprint density at radius 3 is 1.93 bits per heavy atom. The number of hydrogen-bond acceptors (Lipinski definition) is 2. The van der Waals surface area contributed by atoms with E-state index in [2.05, 4.69) is 74.6 Å². The van der Waals surface area contributed by atoms with Crippen molar-refractivity contribution in [1.82, 2.24) is 4.90 Å². The van der Waals surface area contributed by atoms with Crippen molar-refractivity contribution in [2.45, 2.75) is 104 Å². The zero-order valence-corrected chi connectivity index (χ0v) is 28.3. The third-order valence-corrected chi connectivity index (χ3v) is 14.1. The molecule has 4 rings (SSSR count). The predicted octanol–water partition coefficient (Wildman–Crippen LogP) is 9.52. The van der Waals surface area contributed by atoms with Crippen LogP contribution in [0.25, 0.3) is 0 Å². The van der Waals surface area contributed by atoms with Crippen LogP contribution >= 0.6 is 7.26 Å². The van der Waals surface area contributed by atoms with Crippen molar-refractivity contribution in [1.29, 1.82) is 0 Å². The molecule has 1 heterocycles. The average molecular weight is 614 g/mol. The molecule has 0 aromatic heterocycles. The summed E-state index contributed by atoms with van der Waals surface area (Å²) in [5, 5.41) is 3.18. The number of fused-ring (bicyclic) bond motifs is 1. The van der Waals surface area contributed by atoms with Crippen LogP contribution in [0.3, 0.4) is 0 Å². The standard InChI is InChI=1S/C39H53N2O2P/c1-4-7-26-44(27-8-5-2,28-9-6-3)31-33-22-24-36(25-23-33)40-39(43)37-29-34-19-13-14-20-35(34)30-41(37)38(42)21-15-18-32-16-11-10-12-17-32/h10-14,16-17,19-20,22-25,37H,4-9,15,18,21,26-31H2,1-3H3/p+1. The summed E-state index contributed by atoms with van der Waals surface area (Å²) in [6.45, 7) is 7.43. The molecule has 0 saturated heterocycles. The van der Waals surface area contributed by atoms with Gasteiger partial charge in [-0.1, -0.05) is 107 Å². The average Bonchev–Trinajstić information content (AvgIpc) is 3.06. The van der Waals surface area contributed by atoms with Gasteiger partial charge in [0.2, 0.25) is 11.8 Å². The molecule has 0 fully saturated rings. The summed E-state index contributed by atoms with van der Waals surface area (Å²) in [5.74, 6) is -0.0446. The first-order valence-electron chi connectivity index (χ1n) is 17.1. The van der Waals surface area contributed by atoms with Crippen LogP contribution < -0.4 is 5.32 Å². The zero-order chi connectivity index (χ0) is 31.2. The highest BCUT2D eigenvalue weighted by Crippen LogP contribution is 2.63. The minimum atomic E-state index is -1.04. The van der Waals surface area contributed by atoms with E-state index in [9.17, 15) is 9.59 Å². The van der Waals surface area contributed by atoms with Crippen molar-refractivity contribution >= 4 is 24.8 Å². The van der Waals surface area contributed by atoms with E-state index in [1.165, 1.54) is 74.3 Å². The van der Waals surface area contributed by atoms with Gasteiger partial charge in [0.1, 0.15) is 6.04 Å². The fourth-order valence-electron chi connectivity index (χ4n) is 6.61. The van der Waals surface area contributed by atoms with Crippen LogP contribution in [0.1, 0.15) is 94.4 Å². The molecular formula is C39H54N2O2P+. The Balaban J connectivity index is 1.44. The number of carbonyl (C=O) groups excluding carboxylic acids is 2. The van der Waals surface area contributed by atoms with Gasteiger partial charge in [-0.25, -0.2) is 0 Å². The second-order valence-corrected chi connectivity index (χ2v) is 17.1. The smallest absolute Gasteiger partial charge is 0.247 e. The van der Waals surface area contributed by atoms with Crippen LogP contribution in [0.4, 0.5) is 5.69 Å². The molecule has 5 heteroatoms. The first-order chi connectivity index (χ1) is 21.5. The van der Waals surface area contributed by atoms with E-state index >= 15 is 0 Å². The molecule has 236 valence electrons. The summed E-state index contributed by atoms with van der Waals surface area (Å²) in [7, 11) is -1.04. The molecule has 4 nitrogen and oxygen atoms in total. The number of amides is 2. The van der Waals surface area contributed by atoms with E-state index in [4.69, 9.17) is 0 Å². The summed E-state index contributed by atoms with van der Waals surface area (Å²) in [5.41, 5.74) is 5.75. The van der Waals surface area contributed by atoms with Crippen LogP contribution in [0.15, 0.2) is 78.9 Å². The normalized spacial score (nSPS) is 14.7. The van der Waals surface area contributed by atoms with Crippen molar-refractivity contribution in [3.05, 3.63) is 101 Å². The van der Waals surface area contributed by atoms with E-state index in [0.717, 1.165) is 29.7 Å². The van der Waals surface area contributed by atoms with E-state index in [1.54, 1.807) is 0 Å². The Kier molecular flexibility index (Phi) is 13.5. The first kappa shape index (κ1) is 33.9. The highest BCUT2D eigenvalue weighted by Gasteiger charge is 2.36. The molecule has 1 aliphatic heterocycles. The lowest BCUT2D eigenvalue weighted by molar-refractivity contribution is -0.140. The van der Waals surface area contributed by atoms with E-state index in [1.807, 2.05) is 35.2 Å². The Morgan fingerprint density at radius 2 is 1.32 bits per heavy atom. The number of benzene rings is 3. The molecular weight excluding hydrogens is 559 g/mol. The Bertz CT molecular complexity index is 1290. The highest BCUT2D eigenvalue weighted by atomic mass is 31.2. The Labute approximate surface area is 267 Å². The van der Waals surface area contributed by atoms with Crippen LogP contribution in [0.5, 0.6) is 0 Å². The molecule has 1 N–H and O–H groups in total. The fourth-order valence-corrected chi connectivity index (χ4v) is 11.7. The highest BCUT2D eigenvalue weighted by molar-refractivity contribution is 7.75. The molecule has 0 radical (unpaired) electrons. The van der Waals surface area contributed by atoms with Gasteiger partial charge in [0.25, 0.3) is 0 Å². The van der Waals surface area contributed by atoms with Crippen LogP contribution in [-0.4, -0.2) is 41.2 Å². The lowest BCUT2D eigenvalue weighted by atomic mass is 9.92. The first-order valence-corrected chi connectivity index (χ1v) is 19.6. The molecule has 0 bridgehead atoms. The maximum absolute atomic E-state index is 13.8. The van der Waals surface area contributed by atoms with Gasteiger partial charge in [0.15, 0.2) is 0 Å². The van der Waals surface area contributed by atoms with Crippen molar-refractivity contribution in [3.8, 4) is 0 Å². The van der Waals surface area contributed by atoms with Crippen molar-refractivity contribution < 1.29 is 9.59 Å². The molecule has 1 aliphatic rings. The van der Waals surface area contributed by atoms with Crippen molar-refractivity contribution in [3.63, 3.8) is 0 Å². The van der Waals surface area contributed by atoms with Crippen LogP contribution in [0.2, 0.25) is 0 Å². The second kappa shape index (κ2) is 17.5. The molecule has 1 atom stereocenters. The number of anilines is 1. The number of carbonyl (C=O) groups is 2. The summed E-state index contributed by atoms with van der Waals surface area (Å²) >= 11 is 0. The number of nitrogens with one attached hydrogen (secondary N) is 1. The zero-order valence-electron chi connectivity index (χ0n) is 27.4. The van der Waals surface area contributed by atoms with Gasteiger partial charge >= 0.3 is 0 Å². The van der Waals surface area contributed by atoms with Crippen LogP contribution in [-0.2, 0) is 35.1 Å². The molecule has 0 aliphatic carbocycles. The third-order valence-electron chi connectivity index (χ3n) is 9.27. The fraction of sp³-hybridized carbons (Fsp3) is 0.487. The molecule has 0 saturated carbocycles. The van der Waals surface area contributed by atoms with Gasteiger partial charge < -0.3 is 10.2 Å². The summed E-state index contributed by atoms with van der Waals surface area (Å²) < 4.78 is 0. The summed E-state index contributed by atoms with van der Waals surface area (Å²) in [6.07, 6.45) is 15.8. The summed E-state index contributed by atoms with van der Waals surface area (Å²) in [4.78, 5) is 29.1. The molecule has 3 aromatic carbocycles. The van der Waals surface area contributed by atoms with E-state index in [0.29, 0.717) is 19.4 Å². The molecule has 2 amide bonds. The number of aryl methyl sites for hydroxylation is 1. The van der Waals surface area contributed by atoms with Gasteiger partial charge in [-0.2, -0.15) is 0 Å². The topological polar surface area (TPSA) is 49.4 Å². The molecule has 0 spiro atoms. The van der Waals surface area contributed by atoms with Gasteiger partial charge in [0, 0.05) is 32.3 Å². The largest absolute Gasteiger partial charge is 0.326 e. The number of hydrogen-bond donors (Lipinski definition) is 1. The van der Waals surface area contributed by atoms with Crippen molar-refractivity contribution in [2.75, 3.05) is 23.8 Å². The van der Waals surface area contributed by atoms with Gasteiger partial charge in [-0.15, -0.1) is 0 Å². The SMILES string of the molecule is CCCC[P+](CCCC)(CCCC)Cc1ccc(NC(=O)C2Cc3ccccc3CN2C(=O)CCCc2ccccc2)cc1. The second-order valence-electron chi connectivity index (χ2n) is 12.8. The Morgan fingerprint density at radius 1 is 0.727 bits per heavy atom. The lowest BCUT2D eigenvalue weighted by Gasteiger charge is -2.36. The van der Waals surface area contributed by atoms with Gasteiger partial charge in [-0.05, 0) is 66.5 Å². The minimum Gasteiger partial charge on any atom is -0.326 e. The van der Waals surface area contributed by atoms with Crippen molar-refractivity contribution in [2.24, 2.45) is 0 Å². The number of unbranched alkanes of at least 4 members (excludes halogenated alkanes) is 3. The molecule has 44 heavy (non-hydrogen) atoms. The number of nitrogens with zero attached hydrogens (tertiary/aromatic N) is 1. The van der Waals surface area contributed by atoms with Crippen LogP contribution in [0, 0.1) is 0 Å². The lowest BCUT2D eigenvalue weighted by Crippen LogP contribution is -2.50. The third kappa shape index (κ3) is 9.77. The summed E-state index contributed by atoms with van der Waals surface area (Å²) in [6, 6.07) is 26.6.